The fraction of sp³-hybridized carbons (Fsp3) is 0.167. The van der Waals surface area contributed by atoms with E-state index in [0.29, 0.717) is 33.9 Å². The standard InChI is InChI=1S/C18H13N3O2S/c19-11-12-1-5-14(6-2-12)22-15-7-9-16(10-8-15)23-18-20-17(21-24-18)13-3-4-13/h1-2,5-10,13H,3-4H2. The van der Waals surface area contributed by atoms with E-state index in [2.05, 4.69) is 15.4 Å². The molecular formula is C18H13N3O2S. The highest BCUT2D eigenvalue weighted by Crippen LogP contribution is 2.40. The predicted octanol–water partition coefficient (Wildman–Crippen LogP) is 4.87. The van der Waals surface area contributed by atoms with Crippen LogP contribution in [0.2, 0.25) is 0 Å². The SMILES string of the molecule is N#Cc1ccc(Oc2ccc(Oc3nc(C4CC4)ns3)cc2)cc1. The average molecular weight is 335 g/mol. The Morgan fingerprint density at radius 3 is 2.08 bits per heavy atom. The van der Waals surface area contributed by atoms with Gasteiger partial charge < -0.3 is 9.47 Å². The first kappa shape index (κ1) is 14.7. The van der Waals surface area contributed by atoms with Crippen LogP contribution in [0.3, 0.4) is 0 Å². The summed E-state index contributed by atoms with van der Waals surface area (Å²) in [5.41, 5.74) is 0.605. The summed E-state index contributed by atoms with van der Waals surface area (Å²) in [4.78, 5) is 4.40. The Bertz CT molecular complexity index is 878. The van der Waals surface area contributed by atoms with E-state index in [1.165, 1.54) is 24.4 Å². The summed E-state index contributed by atoms with van der Waals surface area (Å²) in [5.74, 6) is 3.50. The second-order valence-electron chi connectivity index (χ2n) is 5.50. The molecule has 1 aliphatic rings. The Balaban J connectivity index is 1.40. The van der Waals surface area contributed by atoms with Crippen LogP contribution in [0.5, 0.6) is 22.4 Å². The van der Waals surface area contributed by atoms with Crippen molar-refractivity contribution in [3.63, 3.8) is 0 Å². The van der Waals surface area contributed by atoms with Crippen molar-refractivity contribution in [3.05, 3.63) is 59.9 Å². The Morgan fingerprint density at radius 2 is 1.50 bits per heavy atom. The highest BCUT2D eigenvalue weighted by atomic mass is 32.1. The number of rotatable bonds is 5. The molecule has 0 unspecified atom stereocenters. The summed E-state index contributed by atoms with van der Waals surface area (Å²) < 4.78 is 15.8. The lowest BCUT2D eigenvalue weighted by Crippen LogP contribution is -1.87. The van der Waals surface area contributed by atoms with E-state index in [1.807, 2.05) is 24.3 Å². The first-order valence-electron chi connectivity index (χ1n) is 7.60. The fourth-order valence-corrected chi connectivity index (χ4v) is 2.81. The van der Waals surface area contributed by atoms with Gasteiger partial charge in [-0.15, -0.1) is 0 Å². The molecule has 0 amide bonds. The largest absolute Gasteiger partial charge is 0.457 e. The number of hydrogen-bond donors (Lipinski definition) is 0. The predicted molar refractivity (Wildman–Crippen MR) is 89.6 cm³/mol. The maximum absolute atomic E-state index is 8.79. The van der Waals surface area contributed by atoms with Crippen molar-refractivity contribution in [3.8, 4) is 28.5 Å². The van der Waals surface area contributed by atoms with E-state index in [9.17, 15) is 0 Å². The topological polar surface area (TPSA) is 68.0 Å². The van der Waals surface area contributed by atoms with Gasteiger partial charge >= 0.3 is 0 Å². The second kappa shape index (κ2) is 6.30. The van der Waals surface area contributed by atoms with E-state index in [1.54, 1.807) is 24.3 Å². The number of ether oxygens (including phenoxy) is 2. The molecule has 0 atom stereocenters. The van der Waals surface area contributed by atoms with Crippen LogP contribution in [0.25, 0.3) is 0 Å². The van der Waals surface area contributed by atoms with E-state index >= 15 is 0 Å². The molecule has 6 heteroatoms. The Morgan fingerprint density at radius 1 is 0.917 bits per heavy atom. The van der Waals surface area contributed by atoms with Gasteiger partial charge in [-0.3, -0.25) is 0 Å². The van der Waals surface area contributed by atoms with Gasteiger partial charge in [0.05, 0.1) is 11.6 Å². The second-order valence-corrected chi connectivity index (χ2v) is 6.22. The zero-order valence-electron chi connectivity index (χ0n) is 12.7. The van der Waals surface area contributed by atoms with Gasteiger partial charge in [-0.05, 0) is 61.4 Å². The molecule has 0 spiro atoms. The van der Waals surface area contributed by atoms with E-state index in [0.717, 1.165) is 5.82 Å². The molecule has 1 aliphatic carbocycles. The van der Waals surface area contributed by atoms with Crippen molar-refractivity contribution in [2.24, 2.45) is 0 Å². The third-order valence-corrected chi connectivity index (χ3v) is 4.22. The molecule has 0 N–H and O–H groups in total. The quantitative estimate of drug-likeness (QED) is 0.665. The molecule has 1 aromatic heterocycles. The van der Waals surface area contributed by atoms with Gasteiger partial charge in [0.2, 0.25) is 0 Å². The van der Waals surface area contributed by atoms with Crippen LogP contribution in [0, 0.1) is 11.3 Å². The third kappa shape index (κ3) is 3.36. The number of aromatic nitrogens is 2. The van der Waals surface area contributed by atoms with E-state index in [-0.39, 0.29) is 0 Å². The first-order valence-corrected chi connectivity index (χ1v) is 8.37. The summed E-state index contributed by atoms with van der Waals surface area (Å²) in [6.07, 6.45) is 2.36. The molecule has 2 aromatic carbocycles. The molecule has 4 rings (SSSR count). The van der Waals surface area contributed by atoms with Crippen molar-refractivity contribution < 1.29 is 9.47 Å². The molecule has 0 bridgehead atoms. The van der Waals surface area contributed by atoms with E-state index < -0.39 is 0 Å². The minimum Gasteiger partial charge on any atom is -0.457 e. The van der Waals surface area contributed by atoms with Crippen LogP contribution in [-0.4, -0.2) is 9.36 Å². The molecule has 24 heavy (non-hydrogen) atoms. The monoisotopic (exact) mass is 335 g/mol. The zero-order chi connectivity index (χ0) is 16.4. The highest BCUT2D eigenvalue weighted by molar-refractivity contribution is 7.07. The summed E-state index contributed by atoms with van der Waals surface area (Å²) in [7, 11) is 0. The van der Waals surface area contributed by atoms with Gasteiger partial charge in [-0.2, -0.15) is 14.6 Å². The maximum atomic E-state index is 8.79. The summed E-state index contributed by atoms with van der Waals surface area (Å²) >= 11 is 1.28. The van der Waals surface area contributed by atoms with Crippen molar-refractivity contribution in [2.45, 2.75) is 18.8 Å². The molecular weight excluding hydrogens is 322 g/mol. The Kier molecular flexibility index (Phi) is 3.85. The number of hydrogen-bond acceptors (Lipinski definition) is 6. The van der Waals surface area contributed by atoms with Gasteiger partial charge in [-0.1, -0.05) is 0 Å². The fourth-order valence-electron chi connectivity index (χ4n) is 2.18. The molecule has 1 heterocycles. The zero-order valence-corrected chi connectivity index (χ0v) is 13.5. The van der Waals surface area contributed by atoms with Gasteiger partial charge in [-0.25, -0.2) is 0 Å². The number of nitriles is 1. The van der Waals surface area contributed by atoms with Crippen LogP contribution < -0.4 is 9.47 Å². The molecule has 1 saturated carbocycles. The van der Waals surface area contributed by atoms with Crippen molar-refractivity contribution in [1.29, 1.82) is 5.26 Å². The maximum Gasteiger partial charge on any atom is 0.298 e. The van der Waals surface area contributed by atoms with Gasteiger partial charge in [0.15, 0.2) is 0 Å². The van der Waals surface area contributed by atoms with Crippen LogP contribution in [0.1, 0.15) is 30.1 Å². The van der Waals surface area contributed by atoms with Gasteiger partial charge in [0, 0.05) is 17.5 Å². The summed E-state index contributed by atoms with van der Waals surface area (Å²) in [6, 6.07) is 16.4. The highest BCUT2D eigenvalue weighted by Gasteiger charge is 2.28. The van der Waals surface area contributed by atoms with Crippen LogP contribution >= 0.6 is 11.5 Å². The van der Waals surface area contributed by atoms with Crippen molar-refractivity contribution in [1.82, 2.24) is 9.36 Å². The van der Waals surface area contributed by atoms with Crippen molar-refractivity contribution >= 4 is 11.5 Å². The molecule has 3 aromatic rings. The Hall–Kier alpha value is -2.91. The Labute approximate surface area is 143 Å². The summed E-state index contributed by atoms with van der Waals surface area (Å²) in [5, 5.41) is 9.36. The number of benzene rings is 2. The number of nitrogens with zero attached hydrogens (tertiary/aromatic N) is 3. The van der Waals surface area contributed by atoms with Crippen LogP contribution in [-0.2, 0) is 0 Å². The lowest BCUT2D eigenvalue weighted by molar-refractivity contribution is 0.466. The van der Waals surface area contributed by atoms with Crippen molar-refractivity contribution in [2.75, 3.05) is 0 Å². The molecule has 5 nitrogen and oxygen atoms in total. The third-order valence-electron chi connectivity index (χ3n) is 3.61. The van der Waals surface area contributed by atoms with Gasteiger partial charge in [0.1, 0.15) is 23.1 Å². The molecule has 0 radical (unpaired) electrons. The molecule has 0 aliphatic heterocycles. The van der Waals surface area contributed by atoms with Gasteiger partial charge in [0.25, 0.3) is 5.19 Å². The first-order chi connectivity index (χ1) is 11.8. The van der Waals surface area contributed by atoms with Crippen LogP contribution in [0.4, 0.5) is 0 Å². The lowest BCUT2D eigenvalue weighted by atomic mass is 10.2. The smallest absolute Gasteiger partial charge is 0.298 e. The normalized spacial score (nSPS) is 13.3. The molecule has 118 valence electrons. The lowest BCUT2D eigenvalue weighted by Gasteiger charge is -2.06. The summed E-state index contributed by atoms with van der Waals surface area (Å²) in [6.45, 7) is 0. The molecule has 1 fully saturated rings. The van der Waals surface area contributed by atoms with Crippen LogP contribution in [0.15, 0.2) is 48.5 Å². The van der Waals surface area contributed by atoms with E-state index in [4.69, 9.17) is 14.7 Å². The minimum absolute atomic E-state index is 0.529. The average Bonchev–Trinajstić information content (AvgIpc) is 3.37. The minimum atomic E-state index is 0.529. The molecule has 0 saturated heterocycles.